The van der Waals surface area contributed by atoms with Gasteiger partial charge in [0.1, 0.15) is 5.82 Å². The van der Waals surface area contributed by atoms with Gasteiger partial charge >= 0.3 is 0 Å². The van der Waals surface area contributed by atoms with Crippen LogP contribution in [0.3, 0.4) is 0 Å². The van der Waals surface area contributed by atoms with Gasteiger partial charge in [-0.05, 0) is 42.7 Å². The van der Waals surface area contributed by atoms with Gasteiger partial charge in [0.15, 0.2) is 0 Å². The highest BCUT2D eigenvalue weighted by Gasteiger charge is 2.41. The Balaban J connectivity index is 1.60. The summed E-state index contributed by atoms with van der Waals surface area (Å²) in [6.45, 7) is 5.36. The molecule has 7 nitrogen and oxygen atoms in total. The second-order valence-corrected chi connectivity index (χ2v) is 7.90. The monoisotopic (exact) mass is 412 g/mol. The van der Waals surface area contributed by atoms with E-state index < -0.39 is 4.92 Å². The van der Waals surface area contributed by atoms with E-state index in [1.165, 1.54) is 18.2 Å². The largest absolute Gasteiger partial charge is 0.365 e. The van der Waals surface area contributed by atoms with E-state index in [0.717, 1.165) is 29.9 Å². The van der Waals surface area contributed by atoms with Crippen LogP contribution in [0.4, 0.5) is 15.8 Å². The molecule has 2 aliphatic heterocycles. The SMILES string of the molecule is CCNC(=O)[C@@H]1Cc2cc([N+](=O)[O-])ccc2N2CCN(Cc3ccc(F)cc3)C[C@H]12. The normalized spacial score (nSPS) is 20.9. The maximum absolute atomic E-state index is 13.2. The molecule has 4 rings (SSSR count). The van der Waals surface area contributed by atoms with Crippen LogP contribution in [0.5, 0.6) is 0 Å². The van der Waals surface area contributed by atoms with Crippen LogP contribution in [0.2, 0.25) is 0 Å². The molecule has 2 aromatic carbocycles. The van der Waals surface area contributed by atoms with Crippen LogP contribution in [0, 0.1) is 21.8 Å². The fourth-order valence-electron chi connectivity index (χ4n) is 4.58. The van der Waals surface area contributed by atoms with Gasteiger partial charge in [0.2, 0.25) is 5.91 Å². The summed E-state index contributed by atoms with van der Waals surface area (Å²) in [6, 6.07) is 11.4. The number of nitro benzene ring substituents is 1. The number of hydrogen-bond donors (Lipinski definition) is 1. The number of nitrogens with one attached hydrogen (secondary N) is 1. The van der Waals surface area contributed by atoms with E-state index in [9.17, 15) is 19.3 Å². The minimum Gasteiger partial charge on any atom is -0.365 e. The number of hydrogen-bond acceptors (Lipinski definition) is 5. The second kappa shape index (κ2) is 8.39. The molecule has 1 fully saturated rings. The van der Waals surface area contributed by atoms with Crippen molar-refractivity contribution in [3.8, 4) is 0 Å². The van der Waals surface area contributed by atoms with Crippen molar-refractivity contribution in [1.82, 2.24) is 10.2 Å². The number of rotatable bonds is 5. The first-order valence-corrected chi connectivity index (χ1v) is 10.2. The Kier molecular flexibility index (Phi) is 5.67. The van der Waals surface area contributed by atoms with Crippen molar-refractivity contribution in [3.05, 3.63) is 69.5 Å². The molecule has 1 amide bonds. The predicted molar refractivity (Wildman–Crippen MR) is 112 cm³/mol. The Morgan fingerprint density at radius 2 is 2.00 bits per heavy atom. The lowest BCUT2D eigenvalue weighted by Crippen LogP contribution is -2.60. The van der Waals surface area contributed by atoms with Crippen LogP contribution in [-0.4, -0.2) is 48.0 Å². The fraction of sp³-hybridized carbons (Fsp3) is 0.409. The molecule has 0 aromatic heterocycles. The van der Waals surface area contributed by atoms with Crippen molar-refractivity contribution in [2.45, 2.75) is 25.9 Å². The highest BCUT2D eigenvalue weighted by Crippen LogP contribution is 2.38. The molecular formula is C22H25FN4O3. The van der Waals surface area contributed by atoms with E-state index in [1.54, 1.807) is 18.2 Å². The number of carbonyl (C=O) groups excluding carboxylic acids is 1. The van der Waals surface area contributed by atoms with Gasteiger partial charge in [-0.2, -0.15) is 0 Å². The van der Waals surface area contributed by atoms with E-state index >= 15 is 0 Å². The molecule has 2 aliphatic rings. The third-order valence-electron chi connectivity index (χ3n) is 6.00. The highest BCUT2D eigenvalue weighted by atomic mass is 19.1. The van der Waals surface area contributed by atoms with Crippen molar-refractivity contribution in [1.29, 1.82) is 0 Å². The van der Waals surface area contributed by atoms with Crippen LogP contribution in [0.15, 0.2) is 42.5 Å². The van der Waals surface area contributed by atoms with Crippen LogP contribution < -0.4 is 10.2 Å². The second-order valence-electron chi connectivity index (χ2n) is 7.90. The quantitative estimate of drug-likeness (QED) is 0.604. The average molecular weight is 412 g/mol. The van der Waals surface area contributed by atoms with Crippen molar-refractivity contribution in [2.24, 2.45) is 5.92 Å². The Bertz CT molecular complexity index is 950. The molecule has 0 spiro atoms. The third-order valence-corrected chi connectivity index (χ3v) is 6.00. The maximum Gasteiger partial charge on any atom is 0.269 e. The fourth-order valence-corrected chi connectivity index (χ4v) is 4.58. The average Bonchev–Trinajstić information content (AvgIpc) is 2.74. The van der Waals surface area contributed by atoms with Crippen molar-refractivity contribution >= 4 is 17.3 Å². The standard InChI is InChI=1S/C22H25FN4O3/c1-2-24-22(28)19-12-16-11-18(27(29)30)7-8-20(16)26-10-9-25(14-21(19)26)13-15-3-5-17(23)6-4-15/h3-8,11,19,21H,2,9-10,12-14H2,1H3,(H,24,28)/t19-,21-/m1/s1. The van der Waals surface area contributed by atoms with Gasteiger partial charge in [0.05, 0.1) is 16.9 Å². The number of halogens is 1. The topological polar surface area (TPSA) is 78.7 Å². The van der Waals surface area contributed by atoms with Gasteiger partial charge in [-0.1, -0.05) is 12.1 Å². The Hall–Kier alpha value is -3.00. The number of nitro groups is 1. The number of non-ortho nitro benzene ring substituents is 1. The molecule has 0 aliphatic carbocycles. The van der Waals surface area contributed by atoms with Crippen LogP contribution >= 0.6 is 0 Å². The number of amides is 1. The summed E-state index contributed by atoms with van der Waals surface area (Å²) in [5.74, 6) is -0.554. The third kappa shape index (κ3) is 4.00. The van der Waals surface area contributed by atoms with E-state index in [-0.39, 0.29) is 29.4 Å². The maximum atomic E-state index is 13.2. The molecule has 2 heterocycles. The van der Waals surface area contributed by atoms with Gasteiger partial charge in [-0.3, -0.25) is 19.8 Å². The summed E-state index contributed by atoms with van der Waals surface area (Å²) >= 11 is 0. The van der Waals surface area contributed by atoms with Crippen LogP contribution in [0.1, 0.15) is 18.1 Å². The molecule has 0 unspecified atom stereocenters. The number of carbonyl (C=O) groups is 1. The predicted octanol–water partition coefficient (Wildman–Crippen LogP) is 2.73. The Morgan fingerprint density at radius 1 is 1.23 bits per heavy atom. The number of fused-ring (bicyclic) bond motifs is 3. The first kappa shape index (κ1) is 20.3. The Morgan fingerprint density at radius 3 is 2.70 bits per heavy atom. The summed E-state index contributed by atoms with van der Waals surface area (Å²) in [7, 11) is 0. The van der Waals surface area contributed by atoms with Crippen LogP contribution in [0.25, 0.3) is 0 Å². The zero-order chi connectivity index (χ0) is 21.3. The summed E-state index contributed by atoms with van der Waals surface area (Å²) in [5, 5.41) is 14.1. The van der Waals surface area contributed by atoms with Gasteiger partial charge in [0.25, 0.3) is 5.69 Å². The van der Waals surface area contributed by atoms with Gasteiger partial charge < -0.3 is 10.2 Å². The molecule has 2 aromatic rings. The molecule has 0 bridgehead atoms. The summed E-state index contributed by atoms with van der Waals surface area (Å²) in [5.41, 5.74) is 2.92. The van der Waals surface area contributed by atoms with Crippen molar-refractivity contribution < 1.29 is 14.1 Å². The van der Waals surface area contributed by atoms with E-state index in [2.05, 4.69) is 15.1 Å². The molecule has 158 valence electrons. The summed E-state index contributed by atoms with van der Waals surface area (Å²) in [6.07, 6.45) is 0.481. The number of piperazine rings is 1. The highest BCUT2D eigenvalue weighted by molar-refractivity contribution is 5.82. The number of benzene rings is 2. The summed E-state index contributed by atoms with van der Waals surface area (Å²) < 4.78 is 13.2. The number of nitrogens with zero attached hydrogens (tertiary/aromatic N) is 3. The number of anilines is 1. The lowest BCUT2D eigenvalue weighted by atomic mass is 9.83. The molecule has 0 radical (unpaired) electrons. The first-order chi connectivity index (χ1) is 14.5. The molecule has 0 saturated carbocycles. The van der Waals surface area contributed by atoms with Crippen molar-refractivity contribution in [3.63, 3.8) is 0 Å². The van der Waals surface area contributed by atoms with Crippen LogP contribution in [-0.2, 0) is 17.8 Å². The Labute approximate surface area is 174 Å². The van der Waals surface area contributed by atoms with Crippen molar-refractivity contribution in [2.75, 3.05) is 31.1 Å². The molecule has 8 heteroatoms. The van der Waals surface area contributed by atoms with Gasteiger partial charge in [0, 0.05) is 50.5 Å². The van der Waals surface area contributed by atoms with Gasteiger partial charge in [-0.15, -0.1) is 0 Å². The molecule has 1 N–H and O–H groups in total. The van der Waals surface area contributed by atoms with E-state index in [4.69, 9.17) is 0 Å². The zero-order valence-electron chi connectivity index (χ0n) is 16.9. The zero-order valence-corrected chi connectivity index (χ0v) is 16.9. The summed E-state index contributed by atoms with van der Waals surface area (Å²) in [4.78, 5) is 28.2. The first-order valence-electron chi connectivity index (χ1n) is 10.2. The lowest BCUT2D eigenvalue weighted by molar-refractivity contribution is -0.384. The van der Waals surface area contributed by atoms with E-state index in [1.807, 2.05) is 13.0 Å². The van der Waals surface area contributed by atoms with E-state index in [0.29, 0.717) is 26.1 Å². The van der Waals surface area contributed by atoms with Gasteiger partial charge in [-0.25, -0.2) is 4.39 Å². The minimum atomic E-state index is -0.395. The smallest absolute Gasteiger partial charge is 0.269 e. The minimum absolute atomic E-state index is 0.0142. The molecule has 2 atom stereocenters. The molecule has 1 saturated heterocycles. The molecule has 30 heavy (non-hydrogen) atoms. The molecular weight excluding hydrogens is 387 g/mol. The lowest BCUT2D eigenvalue weighted by Gasteiger charge is -2.49.